The molecule has 0 aromatic heterocycles. The van der Waals surface area contributed by atoms with Crippen molar-refractivity contribution in [2.45, 2.75) is 50.2 Å². The lowest BCUT2D eigenvalue weighted by atomic mass is 9.78. The van der Waals surface area contributed by atoms with Crippen molar-refractivity contribution in [3.05, 3.63) is 0 Å². The molecule has 0 amide bonds. The van der Waals surface area contributed by atoms with Crippen molar-refractivity contribution >= 4 is 28.4 Å². The highest BCUT2D eigenvalue weighted by molar-refractivity contribution is 7.89. The quantitative estimate of drug-likeness (QED) is 0.752. The first-order valence-corrected chi connectivity index (χ1v) is 10.3. The van der Waals surface area contributed by atoms with Crippen LogP contribution in [0.3, 0.4) is 0 Å². The van der Waals surface area contributed by atoms with Crippen molar-refractivity contribution in [2.24, 2.45) is 11.3 Å². The normalized spacial score (nSPS) is 30.7. The Hall–Kier alpha value is -0.370. The third-order valence-electron chi connectivity index (χ3n) is 6.02. The van der Waals surface area contributed by atoms with Crippen LogP contribution < -0.4 is 5.32 Å². The number of hydrogen-bond acceptors (Lipinski definition) is 5. The molecular weight excluding hydrogens is 352 g/mol. The third kappa shape index (κ3) is 3.74. The molecule has 2 atom stereocenters. The third-order valence-corrected chi connectivity index (χ3v) is 8.38. The van der Waals surface area contributed by atoms with Crippen molar-refractivity contribution in [1.82, 2.24) is 9.62 Å². The average molecular weight is 381 g/mol. The Morgan fingerprint density at radius 3 is 2.50 bits per heavy atom. The Morgan fingerprint density at radius 1 is 1.17 bits per heavy atom. The molecule has 3 aliphatic rings. The number of nitrogens with one attached hydrogen (secondary N) is 1. The molecule has 0 bridgehead atoms. The molecule has 2 aliphatic heterocycles. The predicted octanol–water partition coefficient (Wildman–Crippen LogP) is 1.55. The van der Waals surface area contributed by atoms with E-state index in [1.54, 1.807) is 4.31 Å². The summed E-state index contributed by atoms with van der Waals surface area (Å²) in [5, 5.41) is 2.76. The Kier molecular flexibility index (Phi) is 6.56. The molecule has 1 aliphatic carbocycles. The number of rotatable bonds is 3. The maximum Gasteiger partial charge on any atom is 0.310 e. The largest absolute Gasteiger partial charge is 0.469 e. The lowest BCUT2D eigenvalue weighted by Crippen LogP contribution is -2.46. The molecular formula is C16H29ClN2O4S. The van der Waals surface area contributed by atoms with E-state index in [0.29, 0.717) is 25.9 Å². The lowest BCUT2D eigenvalue weighted by molar-refractivity contribution is -0.146. The second-order valence-electron chi connectivity index (χ2n) is 7.33. The molecule has 0 aromatic rings. The zero-order valence-corrected chi connectivity index (χ0v) is 16.0. The molecule has 0 aromatic carbocycles. The number of methoxy groups -OCH3 is 1. The van der Waals surface area contributed by atoms with Gasteiger partial charge in [-0.3, -0.25) is 4.79 Å². The lowest BCUT2D eigenvalue weighted by Gasteiger charge is -2.35. The number of carbonyl (C=O) groups is 1. The first-order chi connectivity index (χ1) is 11.0. The molecule has 140 valence electrons. The fraction of sp³-hybridized carbons (Fsp3) is 0.938. The van der Waals surface area contributed by atoms with Crippen molar-refractivity contribution in [3.8, 4) is 0 Å². The van der Waals surface area contributed by atoms with Gasteiger partial charge in [0.15, 0.2) is 0 Å². The maximum atomic E-state index is 13.1. The van der Waals surface area contributed by atoms with Gasteiger partial charge in [0.1, 0.15) is 0 Å². The van der Waals surface area contributed by atoms with E-state index < -0.39 is 21.2 Å². The minimum atomic E-state index is -3.43. The highest BCUT2D eigenvalue weighted by Gasteiger charge is 2.48. The smallest absolute Gasteiger partial charge is 0.310 e. The minimum Gasteiger partial charge on any atom is -0.469 e. The number of halogens is 1. The number of hydrogen-bond donors (Lipinski definition) is 1. The van der Waals surface area contributed by atoms with E-state index in [0.717, 1.165) is 45.2 Å². The van der Waals surface area contributed by atoms with Gasteiger partial charge < -0.3 is 10.1 Å². The Balaban J connectivity index is 0.00000208. The summed E-state index contributed by atoms with van der Waals surface area (Å²) in [5.74, 6) is -0.864. The Bertz CT molecular complexity index is 548. The molecule has 3 fully saturated rings. The first-order valence-electron chi connectivity index (χ1n) is 8.76. The van der Waals surface area contributed by atoms with Crippen molar-refractivity contribution < 1.29 is 17.9 Å². The molecule has 2 unspecified atom stereocenters. The molecule has 1 saturated carbocycles. The highest BCUT2D eigenvalue weighted by atomic mass is 35.5. The van der Waals surface area contributed by atoms with Crippen LogP contribution in [0.1, 0.15) is 44.9 Å². The second kappa shape index (κ2) is 7.89. The minimum absolute atomic E-state index is 0. The summed E-state index contributed by atoms with van der Waals surface area (Å²) < 4.78 is 32.8. The molecule has 8 heteroatoms. The van der Waals surface area contributed by atoms with Crippen molar-refractivity contribution in [1.29, 1.82) is 0 Å². The SMILES string of the molecule is COC(=O)C1CCCCC1S(=O)(=O)N1CCC2(CCNCC2)C1.Cl. The number of carbonyl (C=O) groups excluding carboxylic acids is 1. The van der Waals surface area contributed by atoms with Crippen LogP contribution in [0.25, 0.3) is 0 Å². The van der Waals surface area contributed by atoms with Crippen LogP contribution in [0.2, 0.25) is 0 Å². The van der Waals surface area contributed by atoms with Crippen LogP contribution >= 0.6 is 12.4 Å². The number of ether oxygens (including phenoxy) is 1. The van der Waals surface area contributed by atoms with E-state index in [1.165, 1.54) is 7.11 Å². The van der Waals surface area contributed by atoms with E-state index in [2.05, 4.69) is 5.32 Å². The number of sulfonamides is 1. The molecule has 2 saturated heterocycles. The van der Waals surface area contributed by atoms with Crippen LogP contribution in [0.4, 0.5) is 0 Å². The fourth-order valence-corrected chi connectivity index (χ4v) is 6.85. The van der Waals surface area contributed by atoms with E-state index in [-0.39, 0.29) is 23.8 Å². The number of piperidine rings is 1. The monoisotopic (exact) mass is 380 g/mol. The van der Waals surface area contributed by atoms with E-state index >= 15 is 0 Å². The van der Waals surface area contributed by atoms with Gasteiger partial charge in [0.2, 0.25) is 10.0 Å². The summed E-state index contributed by atoms with van der Waals surface area (Å²) in [4.78, 5) is 12.0. The van der Waals surface area contributed by atoms with E-state index in [4.69, 9.17) is 4.74 Å². The van der Waals surface area contributed by atoms with Gasteiger partial charge in [0.25, 0.3) is 0 Å². The number of nitrogens with zero attached hydrogens (tertiary/aromatic N) is 1. The summed E-state index contributed by atoms with van der Waals surface area (Å²) in [7, 11) is -2.08. The highest BCUT2D eigenvalue weighted by Crippen LogP contribution is 2.42. The van der Waals surface area contributed by atoms with Crippen LogP contribution in [0.5, 0.6) is 0 Å². The maximum absolute atomic E-state index is 13.1. The fourth-order valence-electron chi connectivity index (χ4n) is 4.54. The van der Waals surface area contributed by atoms with Gasteiger partial charge in [-0.1, -0.05) is 12.8 Å². The van der Waals surface area contributed by atoms with Crippen LogP contribution in [0.15, 0.2) is 0 Å². The van der Waals surface area contributed by atoms with Gasteiger partial charge >= 0.3 is 5.97 Å². The molecule has 2 heterocycles. The molecule has 1 spiro atoms. The predicted molar refractivity (Wildman–Crippen MR) is 94.7 cm³/mol. The van der Waals surface area contributed by atoms with E-state index in [1.807, 2.05) is 0 Å². The van der Waals surface area contributed by atoms with Gasteiger partial charge in [0, 0.05) is 13.1 Å². The summed E-state index contributed by atoms with van der Waals surface area (Å²) in [6.45, 7) is 3.18. The van der Waals surface area contributed by atoms with Crippen LogP contribution in [-0.4, -0.2) is 57.2 Å². The zero-order valence-electron chi connectivity index (χ0n) is 14.3. The Morgan fingerprint density at radius 2 is 1.83 bits per heavy atom. The Labute approximate surface area is 151 Å². The first kappa shape index (κ1) is 19.9. The van der Waals surface area contributed by atoms with Gasteiger partial charge in [-0.2, -0.15) is 0 Å². The second-order valence-corrected chi connectivity index (χ2v) is 9.48. The summed E-state index contributed by atoms with van der Waals surface area (Å²) in [6.07, 6.45) is 6.02. The van der Waals surface area contributed by atoms with Gasteiger partial charge in [-0.05, 0) is 50.6 Å². The average Bonchev–Trinajstić information content (AvgIpc) is 2.99. The van der Waals surface area contributed by atoms with Gasteiger partial charge in [-0.25, -0.2) is 12.7 Å². The summed E-state index contributed by atoms with van der Waals surface area (Å²) in [6, 6.07) is 0. The van der Waals surface area contributed by atoms with Gasteiger partial charge in [0.05, 0.1) is 18.3 Å². The molecule has 6 nitrogen and oxygen atoms in total. The van der Waals surface area contributed by atoms with Crippen molar-refractivity contribution in [2.75, 3.05) is 33.3 Å². The molecule has 24 heavy (non-hydrogen) atoms. The topological polar surface area (TPSA) is 75.7 Å². The molecule has 1 N–H and O–H groups in total. The van der Waals surface area contributed by atoms with E-state index in [9.17, 15) is 13.2 Å². The standard InChI is InChI=1S/C16H28N2O4S.ClH/c1-22-15(19)13-4-2-3-5-14(13)23(20,21)18-11-8-16(12-18)6-9-17-10-7-16;/h13-14,17H,2-12H2,1H3;1H. The van der Waals surface area contributed by atoms with Crippen LogP contribution in [-0.2, 0) is 19.6 Å². The summed E-state index contributed by atoms with van der Waals surface area (Å²) >= 11 is 0. The number of esters is 1. The van der Waals surface area contributed by atoms with Crippen LogP contribution in [0, 0.1) is 11.3 Å². The summed E-state index contributed by atoms with van der Waals surface area (Å²) in [5.41, 5.74) is 0.147. The van der Waals surface area contributed by atoms with Gasteiger partial charge in [-0.15, -0.1) is 12.4 Å². The zero-order chi connectivity index (χ0) is 16.5. The molecule has 0 radical (unpaired) electrons. The van der Waals surface area contributed by atoms with Crippen molar-refractivity contribution in [3.63, 3.8) is 0 Å². The molecule has 3 rings (SSSR count).